The van der Waals surface area contributed by atoms with Crippen molar-refractivity contribution in [2.24, 2.45) is 0 Å². The van der Waals surface area contributed by atoms with Gasteiger partial charge in [-0.1, -0.05) is 13.3 Å². The Balaban J connectivity index is 1.47. The van der Waals surface area contributed by atoms with Gasteiger partial charge in [-0.15, -0.1) is 0 Å². The average molecular weight is 394 g/mol. The molecule has 1 N–H and O–H groups in total. The lowest BCUT2D eigenvalue weighted by Crippen LogP contribution is -3.10. The highest BCUT2D eigenvalue weighted by Crippen LogP contribution is 2.34. The average Bonchev–Trinajstić information content (AvgIpc) is 3.17. The molecule has 0 radical (unpaired) electrons. The molecule has 29 heavy (non-hydrogen) atoms. The van der Waals surface area contributed by atoms with Crippen LogP contribution in [0.25, 0.3) is 11.0 Å². The molecule has 0 spiro atoms. The van der Waals surface area contributed by atoms with Crippen molar-refractivity contribution in [3.8, 4) is 17.2 Å². The highest BCUT2D eigenvalue weighted by molar-refractivity contribution is 5.86. The number of aryl methyl sites for hydroxylation is 2. The lowest BCUT2D eigenvalue weighted by molar-refractivity contribution is -0.945. The van der Waals surface area contributed by atoms with Crippen LogP contribution in [0.5, 0.6) is 17.2 Å². The highest BCUT2D eigenvalue weighted by Gasteiger charge is 2.26. The molecule has 2 aromatic carbocycles. The summed E-state index contributed by atoms with van der Waals surface area (Å²) in [5.74, 6) is 2.46. The monoisotopic (exact) mass is 394 g/mol. The second-order valence-corrected chi connectivity index (χ2v) is 7.79. The van der Waals surface area contributed by atoms with Crippen LogP contribution in [0.4, 0.5) is 0 Å². The normalized spacial score (nSPS) is 17.2. The minimum absolute atomic E-state index is 0.286. The van der Waals surface area contributed by atoms with Gasteiger partial charge in [0.05, 0.1) is 0 Å². The van der Waals surface area contributed by atoms with Crippen LogP contribution in [0.1, 0.15) is 35.6 Å². The standard InChI is InChI=1S/C23H23NO5/c1-3-4-16-9-21(25)29-23-14(2)22-17(8-18(16)23)11-24(12-26-22)10-15-5-6-19-20(7-15)28-13-27-19/h5-9H,3-4,10-13H2,1-2H3/p+1. The summed E-state index contributed by atoms with van der Waals surface area (Å²) in [5.41, 5.74) is 4.66. The Bertz CT molecular complexity index is 1150. The predicted octanol–water partition coefficient (Wildman–Crippen LogP) is 2.72. The smallest absolute Gasteiger partial charge is 0.336 e. The van der Waals surface area contributed by atoms with Crippen molar-refractivity contribution >= 4 is 11.0 Å². The van der Waals surface area contributed by atoms with Crippen molar-refractivity contribution in [2.75, 3.05) is 13.5 Å². The Morgan fingerprint density at radius 2 is 1.93 bits per heavy atom. The molecular formula is C23H24NO5+. The van der Waals surface area contributed by atoms with Crippen LogP contribution in [0.3, 0.4) is 0 Å². The Morgan fingerprint density at radius 1 is 1.07 bits per heavy atom. The summed E-state index contributed by atoms with van der Waals surface area (Å²) in [7, 11) is 0. The number of ether oxygens (including phenoxy) is 3. The van der Waals surface area contributed by atoms with Crippen molar-refractivity contribution in [3.63, 3.8) is 0 Å². The zero-order valence-electron chi connectivity index (χ0n) is 16.7. The van der Waals surface area contributed by atoms with Crippen LogP contribution in [-0.2, 0) is 19.5 Å². The van der Waals surface area contributed by atoms with Gasteiger partial charge in [-0.25, -0.2) is 4.79 Å². The lowest BCUT2D eigenvalue weighted by Gasteiger charge is -2.28. The first kappa shape index (κ1) is 18.1. The maximum atomic E-state index is 12.0. The Kier molecular flexibility index (Phi) is 4.43. The maximum Gasteiger partial charge on any atom is 0.336 e. The Morgan fingerprint density at radius 3 is 2.79 bits per heavy atom. The molecule has 1 aromatic heterocycles. The van der Waals surface area contributed by atoms with E-state index >= 15 is 0 Å². The summed E-state index contributed by atoms with van der Waals surface area (Å²) in [6.07, 6.45) is 1.83. The number of rotatable bonds is 4. The largest absolute Gasteiger partial charge is 0.454 e. The van der Waals surface area contributed by atoms with Crippen LogP contribution in [0.2, 0.25) is 0 Å². The van der Waals surface area contributed by atoms with Crippen LogP contribution >= 0.6 is 0 Å². The molecule has 0 saturated carbocycles. The fourth-order valence-corrected chi connectivity index (χ4v) is 4.33. The molecule has 0 amide bonds. The number of quaternary nitrogens is 1. The van der Waals surface area contributed by atoms with E-state index in [4.69, 9.17) is 18.6 Å². The van der Waals surface area contributed by atoms with E-state index in [9.17, 15) is 4.79 Å². The first-order valence-electron chi connectivity index (χ1n) is 10.1. The zero-order chi connectivity index (χ0) is 20.0. The van der Waals surface area contributed by atoms with Gasteiger partial charge in [-0.2, -0.15) is 0 Å². The van der Waals surface area contributed by atoms with Crippen molar-refractivity contribution in [1.82, 2.24) is 0 Å². The first-order valence-corrected chi connectivity index (χ1v) is 10.1. The van der Waals surface area contributed by atoms with Crippen molar-refractivity contribution < 1.29 is 23.5 Å². The van der Waals surface area contributed by atoms with Crippen molar-refractivity contribution in [3.05, 3.63) is 63.0 Å². The molecule has 6 nitrogen and oxygen atoms in total. The van der Waals surface area contributed by atoms with E-state index in [1.54, 1.807) is 6.07 Å². The molecule has 5 rings (SSSR count). The summed E-state index contributed by atoms with van der Waals surface area (Å²) in [6.45, 7) is 6.62. The highest BCUT2D eigenvalue weighted by atomic mass is 16.7. The third-order valence-electron chi connectivity index (χ3n) is 5.65. The van der Waals surface area contributed by atoms with Crippen molar-refractivity contribution in [2.45, 2.75) is 39.8 Å². The lowest BCUT2D eigenvalue weighted by atomic mass is 9.98. The molecule has 2 aliphatic heterocycles. The molecule has 2 aliphatic rings. The molecule has 6 heteroatoms. The number of fused-ring (bicyclic) bond motifs is 3. The topological polar surface area (TPSA) is 62.3 Å². The van der Waals surface area contributed by atoms with Gasteiger partial charge in [-0.05, 0) is 43.2 Å². The summed E-state index contributed by atoms with van der Waals surface area (Å²) >= 11 is 0. The minimum Gasteiger partial charge on any atom is -0.454 e. The van der Waals surface area contributed by atoms with E-state index in [1.165, 1.54) is 10.5 Å². The molecule has 0 fully saturated rings. The van der Waals surface area contributed by atoms with E-state index in [1.807, 2.05) is 19.1 Å². The number of benzene rings is 2. The molecule has 1 unspecified atom stereocenters. The molecule has 3 heterocycles. The molecular weight excluding hydrogens is 370 g/mol. The van der Waals surface area contributed by atoms with Gasteiger partial charge in [-0.3, -0.25) is 4.90 Å². The van der Waals surface area contributed by atoms with Gasteiger partial charge in [0.15, 0.2) is 11.5 Å². The third kappa shape index (κ3) is 3.23. The number of hydrogen-bond donors (Lipinski definition) is 1. The second kappa shape index (κ2) is 7.12. The molecule has 0 bridgehead atoms. The molecule has 1 atom stereocenters. The Hall–Kier alpha value is -2.99. The van der Waals surface area contributed by atoms with E-state index < -0.39 is 0 Å². The Labute approximate surface area is 168 Å². The molecule has 0 saturated heterocycles. The van der Waals surface area contributed by atoms with Crippen LogP contribution in [0.15, 0.2) is 39.5 Å². The molecule has 150 valence electrons. The number of hydrogen-bond acceptors (Lipinski definition) is 5. The van der Waals surface area contributed by atoms with Gasteiger partial charge >= 0.3 is 5.63 Å². The number of nitrogens with one attached hydrogen (secondary N) is 1. The summed E-state index contributed by atoms with van der Waals surface area (Å²) in [4.78, 5) is 13.3. The fraction of sp³-hybridized carbons (Fsp3) is 0.348. The van der Waals surface area contributed by atoms with Crippen LogP contribution in [-0.4, -0.2) is 13.5 Å². The SMILES string of the molecule is CCCc1cc(=O)oc2c(C)c3c(cc12)C[NH+](Cc1ccc2c(c1)OCO2)CO3. The summed E-state index contributed by atoms with van der Waals surface area (Å²) in [6, 6.07) is 9.86. The second-order valence-electron chi connectivity index (χ2n) is 7.79. The first-order chi connectivity index (χ1) is 14.1. The summed E-state index contributed by atoms with van der Waals surface area (Å²) < 4.78 is 22.6. The molecule has 3 aromatic rings. The van der Waals surface area contributed by atoms with Crippen LogP contribution < -0.4 is 24.7 Å². The van der Waals surface area contributed by atoms with Crippen molar-refractivity contribution in [1.29, 1.82) is 0 Å². The van der Waals surface area contributed by atoms with Gasteiger partial charge in [0.1, 0.15) is 24.4 Å². The zero-order valence-corrected chi connectivity index (χ0v) is 16.7. The summed E-state index contributed by atoms with van der Waals surface area (Å²) in [5, 5.41) is 1.02. The molecule has 0 aliphatic carbocycles. The third-order valence-corrected chi connectivity index (χ3v) is 5.65. The quantitative estimate of drug-likeness (QED) is 0.690. The van der Waals surface area contributed by atoms with E-state index in [2.05, 4.69) is 19.1 Å². The van der Waals surface area contributed by atoms with Gasteiger partial charge < -0.3 is 18.6 Å². The van der Waals surface area contributed by atoms with Gasteiger partial charge in [0.25, 0.3) is 0 Å². The maximum absolute atomic E-state index is 12.0. The fourth-order valence-electron chi connectivity index (χ4n) is 4.33. The van der Waals surface area contributed by atoms with E-state index in [-0.39, 0.29) is 12.4 Å². The predicted molar refractivity (Wildman–Crippen MR) is 108 cm³/mol. The van der Waals surface area contributed by atoms with Crippen LogP contribution in [0, 0.1) is 6.92 Å². The van der Waals surface area contributed by atoms with Gasteiger partial charge in [0.2, 0.25) is 13.5 Å². The van der Waals surface area contributed by atoms with E-state index in [0.29, 0.717) is 12.3 Å². The van der Waals surface area contributed by atoms with Gasteiger partial charge in [0, 0.05) is 28.1 Å². The van der Waals surface area contributed by atoms with E-state index in [0.717, 1.165) is 65.3 Å². The minimum atomic E-state index is -0.296.